The first-order valence-corrected chi connectivity index (χ1v) is 23.9. The molecule has 24 fully saturated rings. The van der Waals surface area contributed by atoms with Gasteiger partial charge in [0.1, 0.15) is 0 Å². The minimum atomic E-state index is 1.03. The second-order valence-electron chi connectivity index (χ2n) is 27.4. The van der Waals surface area contributed by atoms with E-state index in [1.807, 2.05) is 0 Å². The van der Waals surface area contributed by atoms with Crippen molar-refractivity contribution in [2.45, 2.75) is 25.7 Å². The van der Waals surface area contributed by atoms with Crippen molar-refractivity contribution in [1.29, 1.82) is 0 Å². The minimum Gasteiger partial charge on any atom is -0.0465 e. The molecule has 0 aliphatic heterocycles. The first kappa shape index (κ1) is 21.0. The molecule has 0 N–H and O–H groups in total. The summed E-state index contributed by atoms with van der Waals surface area (Å²) in [5.41, 5.74) is 2.06. The largest absolute Gasteiger partial charge is 0.0465 e. The Bertz CT molecular complexity index is 1880. The molecule has 0 aromatic rings. The first-order valence-electron chi connectivity index (χ1n) is 23.9. The molecule has 48 heavy (non-hydrogen) atoms. The quantitative estimate of drug-likeness (QED) is 0.280. The molecule has 0 aromatic heterocycles. The predicted octanol–water partition coefficient (Wildman–Crippen LogP) is 6.73. The molecule has 0 heteroatoms. The summed E-state index contributed by atoms with van der Waals surface area (Å²) in [6.45, 7) is 0. The van der Waals surface area contributed by atoms with Gasteiger partial charge in [0.2, 0.25) is 0 Å². The zero-order valence-corrected chi connectivity index (χ0v) is 28.1. The highest BCUT2D eigenvalue weighted by Crippen LogP contribution is 3.10. The Morgan fingerprint density at radius 2 is 0.458 bits per heavy atom. The third-order valence-electron chi connectivity index (χ3n) is 31.7. The highest BCUT2D eigenvalue weighted by Gasteiger charge is 3.07. The SMILES string of the molecule is C1C2C3CC4C3C3C4C4C3C3C4C4C3C3C4C4C3C3C4C4C5CC6C7CC8C9C%10C%11C%12C%13C%14C%15C%16C1C2C%16C%15C%14C%13C%12C%11C%10C9C87C56C34. The molecule has 0 bridgehead atoms. The van der Waals surface area contributed by atoms with Crippen molar-refractivity contribution in [3.63, 3.8) is 0 Å². The van der Waals surface area contributed by atoms with Crippen molar-refractivity contribution < 1.29 is 0 Å². The monoisotopic (exact) mass is 626 g/mol. The van der Waals surface area contributed by atoms with Gasteiger partial charge in [0.15, 0.2) is 0 Å². The van der Waals surface area contributed by atoms with Crippen LogP contribution < -0.4 is 0 Å². The van der Waals surface area contributed by atoms with Crippen molar-refractivity contribution >= 4 is 0 Å². The van der Waals surface area contributed by atoms with Gasteiger partial charge in [0.05, 0.1) is 0 Å². The van der Waals surface area contributed by atoms with Crippen LogP contribution >= 0.6 is 0 Å². The summed E-state index contributed by atoms with van der Waals surface area (Å²) in [6, 6.07) is 0. The number of hydrogen-bond donors (Lipinski definition) is 0. The maximum atomic E-state index is 1.78. The van der Waals surface area contributed by atoms with Gasteiger partial charge in [-0.3, -0.25) is 0 Å². The first-order chi connectivity index (χ1) is 23.9. The van der Waals surface area contributed by atoms with E-state index in [0.717, 1.165) is 10.8 Å². The minimum absolute atomic E-state index is 1.03. The lowest BCUT2D eigenvalue weighted by Crippen LogP contribution is -3.06. The third kappa shape index (κ3) is 1.15. The van der Waals surface area contributed by atoms with Crippen LogP contribution in [0.15, 0.2) is 0 Å². The van der Waals surface area contributed by atoms with Crippen LogP contribution in [0.3, 0.4) is 0 Å². The standard InChI is InChI=1S/C48H50/c1-5-6-2-8-14(6)20-16(8)22-26(20)32-28(22)34-36-30-24-18-12-4-10-9-3-11-17-23-29-35-33-27-21-15-7(1)13(5)19(15)25(21)31(27)37(33)39(35)41(29)43(23)45(17)47(9,11)48(10,12)46(18)44(24)42(30)40(36)38(32)34/h5-46H,1-4H2. The molecule has 0 amide bonds. The highest BCUT2D eigenvalue weighted by atomic mass is 15.1. The molecular formula is C48H50. The van der Waals surface area contributed by atoms with E-state index in [1.165, 1.54) is 249 Å². The Kier molecular flexibility index (Phi) is 2.16. The van der Waals surface area contributed by atoms with Gasteiger partial charge >= 0.3 is 0 Å². The highest BCUT2D eigenvalue weighted by molar-refractivity contribution is 5.53. The van der Waals surface area contributed by atoms with Gasteiger partial charge in [-0.25, -0.2) is 0 Å². The van der Waals surface area contributed by atoms with Crippen LogP contribution in [0.4, 0.5) is 0 Å². The van der Waals surface area contributed by atoms with Gasteiger partial charge in [0.25, 0.3) is 0 Å². The zero-order chi connectivity index (χ0) is 28.1. The van der Waals surface area contributed by atoms with Gasteiger partial charge in [-0.2, -0.15) is 0 Å². The van der Waals surface area contributed by atoms with E-state index >= 15 is 0 Å². The molecule has 44 unspecified atom stereocenters. The molecule has 24 rings (SSSR count). The smallest absolute Gasteiger partial charge is 0.0136 e. The van der Waals surface area contributed by atoms with E-state index in [1.54, 1.807) is 25.7 Å². The van der Waals surface area contributed by atoms with Crippen LogP contribution in [0.2, 0.25) is 0 Å². The Morgan fingerprint density at radius 1 is 0.188 bits per heavy atom. The van der Waals surface area contributed by atoms with Gasteiger partial charge < -0.3 is 0 Å². The van der Waals surface area contributed by atoms with Crippen LogP contribution in [-0.4, -0.2) is 0 Å². The van der Waals surface area contributed by atoms with Gasteiger partial charge in [-0.05, 0) is 285 Å². The molecule has 0 saturated heterocycles. The van der Waals surface area contributed by atoms with E-state index in [0.29, 0.717) is 0 Å². The molecule has 242 valence electrons. The van der Waals surface area contributed by atoms with Gasteiger partial charge in [0, 0.05) is 0 Å². The summed E-state index contributed by atoms with van der Waals surface area (Å²) in [7, 11) is 0. The molecule has 24 aliphatic rings. The molecule has 0 radical (unpaired) electrons. The van der Waals surface area contributed by atoms with Crippen LogP contribution in [0.5, 0.6) is 0 Å². The lowest BCUT2D eigenvalue weighted by molar-refractivity contribution is -0.625. The lowest BCUT2D eigenvalue weighted by atomic mass is 8.95. The number of fused-ring (bicyclic) bond motifs is 20. The predicted molar refractivity (Wildman–Crippen MR) is 170 cm³/mol. The topological polar surface area (TPSA) is 0 Å². The normalized spacial score (nSPS) is 104. The second kappa shape index (κ2) is 4.93. The fraction of sp³-hybridized carbons (Fsp3) is 1.00. The van der Waals surface area contributed by atoms with Crippen molar-refractivity contribution in [3.05, 3.63) is 0 Å². The van der Waals surface area contributed by atoms with Crippen molar-refractivity contribution in [1.82, 2.24) is 0 Å². The fourth-order valence-corrected chi connectivity index (χ4v) is 33.0. The van der Waals surface area contributed by atoms with E-state index in [2.05, 4.69) is 0 Å². The molecule has 0 aromatic carbocycles. The van der Waals surface area contributed by atoms with Crippen molar-refractivity contribution in [2.24, 2.45) is 259 Å². The van der Waals surface area contributed by atoms with E-state index in [9.17, 15) is 0 Å². The van der Waals surface area contributed by atoms with Crippen molar-refractivity contribution in [2.75, 3.05) is 0 Å². The third-order valence-corrected chi connectivity index (χ3v) is 31.7. The number of rotatable bonds is 0. The molecule has 0 nitrogen and oxygen atoms in total. The summed E-state index contributed by atoms with van der Waals surface area (Å²) in [5, 5.41) is 0. The Labute approximate surface area is 284 Å². The Hall–Kier alpha value is 0. The van der Waals surface area contributed by atoms with Crippen LogP contribution in [0.25, 0.3) is 0 Å². The summed E-state index contributed by atoms with van der Waals surface area (Å²) in [5.74, 6) is 55.3. The van der Waals surface area contributed by atoms with Crippen LogP contribution in [-0.2, 0) is 0 Å². The summed E-state index contributed by atoms with van der Waals surface area (Å²) in [4.78, 5) is 0. The van der Waals surface area contributed by atoms with Gasteiger partial charge in [-0.1, -0.05) is 0 Å². The van der Waals surface area contributed by atoms with E-state index < -0.39 is 0 Å². The lowest BCUT2D eigenvalue weighted by Gasteiger charge is -3.09. The molecular weight excluding hydrogens is 577 g/mol. The van der Waals surface area contributed by atoms with E-state index in [-0.39, 0.29) is 0 Å². The van der Waals surface area contributed by atoms with E-state index in [4.69, 9.17) is 0 Å². The molecule has 2 spiro atoms. The molecule has 24 aliphatic carbocycles. The van der Waals surface area contributed by atoms with Crippen LogP contribution in [0, 0.1) is 259 Å². The molecule has 0 heterocycles. The summed E-state index contributed by atoms with van der Waals surface area (Å²) in [6.07, 6.45) is 7.10. The summed E-state index contributed by atoms with van der Waals surface area (Å²) >= 11 is 0. The Balaban J connectivity index is 0.665. The number of hydrogen-bond acceptors (Lipinski definition) is 0. The maximum absolute atomic E-state index is 1.78. The summed E-state index contributed by atoms with van der Waals surface area (Å²) < 4.78 is 0. The molecule has 44 atom stereocenters. The second-order valence-corrected chi connectivity index (χ2v) is 27.4. The molecule has 24 saturated carbocycles. The maximum Gasteiger partial charge on any atom is -0.0136 e. The Morgan fingerprint density at radius 3 is 0.812 bits per heavy atom. The average Bonchev–Trinajstić information content (AvgIpc) is 3.00. The van der Waals surface area contributed by atoms with Crippen LogP contribution in [0.1, 0.15) is 25.7 Å². The zero-order valence-electron chi connectivity index (χ0n) is 28.1. The van der Waals surface area contributed by atoms with Crippen molar-refractivity contribution in [3.8, 4) is 0 Å². The van der Waals surface area contributed by atoms with Gasteiger partial charge in [-0.15, -0.1) is 0 Å². The fourth-order valence-electron chi connectivity index (χ4n) is 33.0. The average molecular weight is 627 g/mol.